The van der Waals surface area contributed by atoms with Crippen LogP contribution in [0.15, 0.2) is 40.9 Å². The summed E-state index contributed by atoms with van der Waals surface area (Å²) < 4.78 is 12.7. The van der Waals surface area contributed by atoms with Crippen LogP contribution in [0.1, 0.15) is 24.5 Å². The van der Waals surface area contributed by atoms with Gasteiger partial charge in [0.1, 0.15) is 6.61 Å². The smallest absolute Gasteiger partial charge is 0.175 e. The summed E-state index contributed by atoms with van der Waals surface area (Å²) in [7, 11) is 4.18. The predicted octanol–water partition coefficient (Wildman–Crippen LogP) is 5.97. The monoisotopic (exact) mass is 526 g/mol. The summed E-state index contributed by atoms with van der Waals surface area (Å²) in [5.74, 6) is 1.44. The summed E-state index contributed by atoms with van der Waals surface area (Å²) in [6.45, 7) is 5.78. The molecular weight excluding hydrogens is 499 g/mol. The second-order valence-electron chi connectivity index (χ2n) is 6.55. The molecule has 0 bridgehead atoms. The predicted molar refractivity (Wildman–Crippen MR) is 130 cm³/mol. The minimum absolute atomic E-state index is 0. The fourth-order valence-corrected chi connectivity index (χ4v) is 3.44. The lowest BCUT2D eigenvalue weighted by Crippen LogP contribution is -2.21. The molecule has 0 aliphatic rings. The van der Waals surface area contributed by atoms with Gasteiger partial charge in [-0.15, -0.1) is 24.8 Å². The van der Waals surface area contributed by atoms with Gasteiger partial charge >= 0.3 is 0 Å². The van der Waals surface area contributed by atoms with Crippen molar-refractivity contribution in [2.75, 3.05) is 33.8 Å². The van der Waals surface area contributed by atoms with Crippen molar-refractivity contribution in [1.29, 1.82) is 0 Å². The minimum atomic E-state index is 0. The number of hydrogen-bond acceptors (Lipinski definition) is 4. The first kappa shape index (κ1) is 28.3. The van der Waals surface area contributed by atoms with Crippen LogP contribution in [0.3, 0.4) is 0 Å². The summed E-state index contributed by atoms with van der Waals surface area (Å²) in [6.07, 6.45) is 1.12. The van der Waals surface area contributed by atoms with Gasteiger partial charge in [-0.3, -0.25) is 0 Å². The van der Waals surface area contributed by atoms with Crippen LogP contribution < -0.4 is 14.8 Å². The Kier molecular flexibility index (Phi) is 14.8. The van der Waals surface area contributed by atoms with Crippen LogP contribution in [-0.4, -0.2) is 38.7 Å². The van der Waals surface area contributed by atoms with Gasteiger partial charge in [0, 0.05) is 17.1 Å². The van der Waals surface area contributed by atoms with Gasteiger partial charge in [0.15, 0.2) is 11.5 Å². The number of hydrogen-bond donors (Lipinski definition) is 1. The van der Waals surface area contributed by atoms with Crippen molar-refractivity contribution in [2.24, 2.45) is 0 Å². The zero-order valence-corrected chi connectivity index (χ0v) is 21.0. The fraction of sp³-hybridized carbons (Fsp3) is 0.429. The number of benzene rings is 2. The average molecular weight is 529 g/mol. The third-order valence-electron chi connectivity index (χ3n) is 3.99. The molecule has 0 radical (unpaired) electrons. The highest BCUT2D eigenvalue weighted by molar-refractivity contribution is 9.10. The molecule has 0 aliphatic carbocycles. The Morgan fingerprint density at radius 1 is 1.10 bits per heavy atom. The van der Waals surface area contributed by atoms with E-state index in [9.17, 15) is 0 Å². The van der Waals surface area contributed by atoms with Crippen LogP contribution >= 0.6 is 52.3 Å². The Morgan fingerprint density at radius 2 is 1.83 bits per heavy atom. The van der Waals surface area contributed by atoms with E-state index in [-0.39, 0.29) is 24.8 Å². The SMILES string of the molecule is CCOc1cc(CNCCCN(C)C)cc(Br)c1OCc1ccccc1Cl.Cl.Cl. The summed E-state index contributed by atoms with van der Waals surface area (Å²) in [5, 5.41) is 4.18. The lowest BCUT2D eigenvalue weighted by molar-refractivity contribution is 0.267. The molecule has 0 saturated carbocycles. The molecule has 1 N–H and O–H groups in total. The molecule has 29 heavy (non-hydrogen) atoms. The van der Waals surface area contributed by atoms with Gasteiger partial charge in [-0.05, 0) is 80.2 Å². The third-order valence-corrected chi connectivity index (χ3v) is 4.94. The molecule has 2 aromatic rings. The third kappa shape index (κ3) is 9.77. The Hall–Kier alpha value is -0.690. The Morgan fingerprint density at radius 3 is 2.48 bits per heavy atom. The molecule has 0 amide bonds. The molecule has 164 valence electrons. The number of nitrogens with zero attached hydrogens (tertiary/aromatic N) is 1. The van der Waals surface area contributed by atoms with Gasteiger partial charge < -0.3 is 19.7 Å². The first-order chi connectivity index (χ1) is 13.0. The maximum absolute atomic E-state index is 6.22. The zero-order valence-electron chi connectivity index (χ0n) is 17.0. The largest absolute Gasteiger partial charge is 0.490 e. The second kappa shape index (κ2) is 15.2. The maximum atomic E-state index is 6.22. The lowest BCUT2D eigenvalue weighted by Gasteiger charge is -2.16. The minimum Gasteiger partial charge on any atom is -0.490 e. The van der Waals surface area contributed by atoms with Crippen LogP contribution in [0.2, 0.25) is 5.02 Å². The molecule has 0 heterocycles. The summed E-state index contributed by atoms with van der Waals surface area (Å²) in [6, 6.07) is 11.8. The quantitative estimate of drug-likeness (QED) is 0.365. The number of halogens is 4. The molecule has 2 aromatic carbocycles. The van der Waals surface area contributed by atoms with Crippen LogP contribution in [0.5, 0.6) is 11.5 Å². The van der Waals surface area contributed by atoms with Gasteiger partial charge in [-0.2, -0.15) is 0 Å². The van der Waals surface area contributed by atoms with E-state index < -0.39 is 0 Å². The van der Waals surface area contributed by atoms with E-state index in [1.54, 1.807) is 0 Å². The molecule has 2 rings (SSSR count). The van der Waals surface area contributed by atoms with Crippen LogP contribution in [0.4, 0.5) is 0 Å². The molecular formula is C21H30BrCl3N2O2. The van der Waals surface area contributed by atoms with E-state index >= 15 is 0 Å². The van der Waals surface area contributed by atoms with Crippen molar-refractivity contribution in [1.82, 2.24) is 10.2 Å². The second-order valence-corrected chi connectivity index (χ2v) is 7.81. The van der Waals surface area contributed by atoms with Crippen molar-refractivity contribution >= 4 is 52.3 Å². The van der Waals surface area contributed by atoms with Crippen LogP contribution in [0.25, 0.3) is 0 Å². The maximum Gasteiger partial charge on any atom is 0.175 e. The molecule has 8 heteroatoms. The highest BCUT2D eigenvalue weighted by atomic mass is 79.9. The van der Waals surface area contributed by atoms with Crippen molar-refractivity contribution in [3.8, 4) is 11.5 Å². The van der Waals surface area contributed by atoms with Crippen molar-refractivity contribution in [3.63, 3.8) is 0 Å². The Labute approximate surface area is 200 Å². The van der Waals surface area contributed by atoms with Crippen molar-refractivity contribution in [3.05, 3.63) is 57.0 Å². The van der Waals surface area contributed by atoms with E-state index in [0.717, 1.165) is 47.4 Å². The van der Waals surface area contributed by atoms with Crippen LogP contribution in [-0.2, 0) is 13.2 Å². The lowest BCUT2D eigenvalue weighted by atomic mass is 10.2. The van der Waals surface area contributed by atoms with Gasteiger partial charge in [-0.25, -0.2) is 0 Å². The molecule has 4 nitrogen and oxygen atoms in total. The first-order valence-electron chi connectivity index (χ1n) is 9.18. The average Bonchev–Trinajstić information content (AvgIpc) is 2.62. The van der Waals surface area contributed by atoms with Gasteiger partial charge in [0.25, 0.3) is 0 Å². The van der Waals surface area contributed by atoms with Crippen molar-refractivity contribution in [2.45, 2.75) is 26.5 Å². The molecule has 0 spiro atoms. The standard InChI is InChI=1S/C21H28BrClN2O2.2ClH/c1-4-26-20-13-16(14-24-10-7-11-25(2)3)12-18(22)21(20)27-15-17-8-5-6-9-19(17)23;;/h5-6,8-9,12-13,24H,4,7,10-11,14-15H2,1-3H3;2*1H. The first-order valence-corrected chi connectivity index (χ1v) is 10.3. The number of ether oxygens (including phenoxy) is 2. The molecule has 0 unspecified atom stereocenters. The van der Waals surface area contributed by atoms with E-state index in [1.165, 1.54) is 0 Å². The van der Waals surface area contributed by atoms with E-state index in [2.05, 4.69) is 46.3 Å². The fourth-order valence-electron chi connectivity index (χ4n) is 2.64. The number of rotatable bonds is 11. The zero-order chi connectivity index (χ0) is 19.6. The molecule has 0 atom stereocenters. The van der Waals surface area contributed by atoms with Gasteiger partial charge in [-0.1, -0.05) is 29.8 Å². The molecule has 0 aromatic heterocycles. The van der Waals surface area contributed by atoms with Gasteiger partial charge in [0.05, 0.1) is 11.1 Å². The molecule has 0 aliphatic heterocycles. The summed E-state index contributed by atoms with van der Waals surface area (Å²) in [5.41, 5.74) is 2.10. The summed E-state index contributed by atoms with van der Waals surface area (Å²) >= 11 is 9.85. The normalized spacial score (nSPS) is 10.3. The molecule has 0 fully saturated rings. The number of nitrogens with one attached hydrogen (secondary N) is 1. The van der Waals surface area contributed by atoms with E-state index in [4.69, 9.17) is 21.1 Å². The van der Waals surface area contributed by atoms with Crippen LogP contribution in [0, 0.1) is 0 Å². The van der Waals surface area contributed by atoms with Crippen molar-refractivity contribution < 1.29 is 9.47 Å². The highest BCUT2D eigenvalue weighted by Crippen LogP contribution is 2.37. The highest BCUT2D eigenvalue weighted by Gasteiger charge is 2.13. The topological polar surface area (TPSA) is 33.7 Å². The van der Waals surface area contributed by atoms with Gasteiger partial charge in [0.2, 0.25) is 0 Å². The van der Waals surface area contributed by atoms with E-state index in [0.29, 0.717) is 24.0 Å². The Balaban J connectivity index is 0.00000392. The Bertz CT molecular complexity index is 733. The van der Waals surface area contributed by atoms with E-state index in [1.807, 2.05) is 37.3 Å². The molecule has 0 saturated heterocycles. The summed E-state index contributed by atoms with van der Waals surface area (Å²) in [4.78, 5) is 2.19.